The van der Waals surface area contributed by atoms with Crippen molar-refractivity contribution in [1.29, 1.82) is 0 Å². The predicted molar refractivity (Wildman–Crippen MR) is 69.9 cm³/mol. The Morgan fingerprint density at radius 2 is 2.25 bits per heavy atom. The van der Waals surface area contributed by atoms with Gasteiger partial charge in [-0.25, -0.2) is 4.79 Å². The average Bonchev–Trinajstić information content (AvgIpc) is 2.87. The van der Waals surface area contributed by atoms with E-state index in [-0.39, 0.29) is 19.1 Å². The Bertz CT molecular complexity index is 502. The van der Waals surface area contributed by atoms with Crippen LogP contribution in [-0.2, 0) is 20.9 Å². The number of carboxylic acid groups (broad SMARTS) is 1. The van der Waals surface area contributed by atoms with E-state index < -0.39 is 18.2 Å². The fourth-order valence-electron chi connectivity index (χ4n) is 2.11. The zero-order valence-electron chi connectivity index (χ0n) is 10.8. The van der Waals surface area contributed by atoms with Gasteiger partial charge in [-0.2, -0.15) is 0 Å². The summed E-state index contributed by atoms with van der Waals surface area (Å²) >= 11 is 0. The SMILES string of the molecule is [N-]=[N+]=NC[C@H]1O[C@@H](C(=O)O)C[C@@H]1OCc1ccccc1. The molecule has 0 aliphatic carbocycles. The topological polar surface area (TPSA) is 105 Å². The third-order valence-electron chi connectivity index (χ3n) is 3.11. The highest BCUT2D eigenvalue weighted by Crippen LogP contribution is 2.25. The van der Waals surface area contributed by atoms with Crippen molar-refractivity contribution < 1.29 is 19.4 Å². The van der Waals surface area contributed by atoms with Gasteiger partial charge < -0.3 is 14.6 Å². The second-order valence-electron chi connectivity index (χ2n) is 4.49. The average molecular weight is 277 g/mol. The molecule has 0 saturated carbocycles. The van der Waals surface area contributed by atoms with Crippen molar-refractivity contribution in [2.75, 3.05) is 6.54 Å². The summed E-state index contributed by atoms with van der Waals surface area (Å²) < 4.78 is 11.0. The lowest BCUT2D eigenvalue weighted by Crippen LogP contribution is -2.27. The molecule has 20 heavy (non-hydrogen) atoms. The lowest BCUT2D eigenvalue weighted by molar-refractivity contribution is -0.149. The Morgan fingerprint density at radius 3 is 2.90 bits per heavy atom. The van der Waals surface area contributed by atoms with Crippen LogP contribution in [0.25, 0.3) is 10.4 Å². The van der Waals surface area contributed by atoms with Gasteiger partial charge in [-0.1, -0.05) is 35.4 Å². The molecule has 0 unspecified atom stereocenters. The van der Waals surface area contributed by atoms with E-state index in [0.717, 1.165) is 5.56 Å². The molecule has 1 saturated heterocycles. The number of azide groups is 1. The quantitative estimate of drug-likeness (QED) is 0.488. The van der Waals surface area contributed by atoms with Crippen molar-refractivity contribution in [2.45, 2.75) is 31.3 Å². The summed E-state index contributed by atoms with van der Waals surface area (Å²) in [5.74, 6) is -1.03. The zero-order valence-corrected chi connectivity index (χ0v) is 10.8. The number of benzene rings is 1. The maximum absolute atomic E-state index is 11.0. The predicted octanol–water partition coefficient (Wildman–Crippen LogP) is 2.12. The second kappa shape index (κ2) is 6.91. The molecule has 7 nitrogen and oxygen atoms in total. The van der Waals surface area contributed by atoms with E-state index in [1.807, 2.05) is 30.3 Å². The van der Waals surface area contributed by atoms with Crippen LogP contribution in [0.4, 0.5) is 0 Å². The molecule has 1 N–H and O–H groups in total. The van der Waals surface area contributed by atoms with E-state index in [2.05, 4.69) is 10.0 Å². The molecule has 0 bridgehead atoms. The number of aliphatic carboxylic acids is 1. The fraction of sp³-hybridized carbons (Fsp3) is 0.462. The van der Waals surface area contributed by atoms with E-state index in [4.69, 9.17) is 20.1 Å². The lowest BCUT2D eigenvalue weighted by atomic mass is 10.1. The molecule has 0 aromatic heterocycles. The van der Waals surface area contributed by atoms with Crippen LogP contribution < -0.4 is 0 Å². The van der Waals surface area contributed by atoms with Crippen molar-refractivity contribution in [3.63, 3.8) is 0 Å². The fourth-order valence-corrected chi connectivity index (χ4v) is 2.11. The van der Waals surface area contributed by atoms with E-state index >= 15 is 0 Å². The molecule has 0 radical (unpaired) electrons. The number of carboxylic acids is 1. The molecule has 7 heteroatoms. The highest BCUT2D eigenvalue weighted by molar-refractivity contribution is 5.72. The van der Waals surface area contributed by atoms with Crippen molar-refractivity contribution in [3.8, 4) is 0 Å². The summed E-state index contributed by atoms with van der Waals surface area (Å²) in [7, 11) is 0. The molecule has 1 aromatic rings. The van der Waals surface area contributed by atoms with Crippen LogP contribution >= 0.6 is 0 Å². The minimum Gasteiger partial charge on any atom is -0.479 e. The van der Waals surface area contributed by atoms with E-state index in [9.17, 15) is 4.79 Å². The maximum Gasteiger partial charge on any atom is 0.332 e. The molecular weight excluding hydrogens is 262 g/mol. The summed E-state index contributed by atoms with van der Waals surface area (Å²) in [5.41, 5.74) is 9.34. The Labute approximate surface area is 115 Å². The molecule has 3 atom stereocenters. The van der Waals surface area contributed by atoms with Crippen LogP contribution in [0.15, 0.2) is 35.4 Å². The zero-order chi connectivity index (χ0) is 14.4. The van der Waals surface area contributed by atoms with Crippen molar-refractivity contribution in [1.82, 2.24) is 0 Å². The largest absolute Gasteiger partial charge is 0.479 e. The van der Waals surface area contributed by atoms with Crippen LogP contribution in [0, 0.1) is 0 Å². The molecule has 0 amide bonds. The number of carbonyl (C=O) groups is 1. The summed E-state index contributed by atoms with van der Waals surface area (Å²) in [6.07, 6.45) is -1.56. The Hall–Kier alpha value is -2.08. The molecule has 1 heterocycles. The van der Waals surface area contributed by atoms with Crippen LogP contribution in [0.5, 0.6) is 0 Å². The van der Waals surface area contributed by atoms with Crippen molar-refractivity contribution in [2.24, 2.45) is 5.11 Å². The third kappa shape index (κ3) is 3.71. The highest BCUT2D eigenvalue weighted by Gasteiger charge is 2.39. The van der Waals surface area contributed by atoms with Gasteiger partial charge in [-0.3, -0.25) is 0 Å². The summed E-state index contributed by atoms with van der Waals surface area (Å²) in [6.45, 7) is 0.438. The monoisotopic (exact) mass is 277 g/mol. The molecule has 1 aromatic carbocycles. The second-order valence-corrected chi connectivity index (χ2v) is 4.49. The minimum atomic E-state index is -1.03. The van der Waals surface area contributed by atoms with Gasteiger partial charge in [0.05, 0.1) is 25.4 Å². The van der Waals surface area contributed by atoms with E-state index in [1.54, 1.807) is 0 Å². The van der Waals surface area contributed by atoms with Crippen molar-refractivity contribution in [3.05, 3.63) is 46.3 Å². The maximum atomic E-state index is 11.0. The van der Waals surface area contributed by atoms with Gasteiger partial charge in [0.25, 0.3) is 0 Å². The molecular formula is C13H15N3O4. The number of hydrogen-bond donors (Lipinski definition) is 1. The van der Waals surface area contributed by atoms with Crippen LogP contribution in [0.2, 0.25) is 0 Å². The van der Waals surface area contributed by atoms with Crippen LogP contribution in [0.1, 0.15) is 12.0 Å². The normalized spacial score (nSPS) is 25.1. The summed E-state index contributed by atoms with van der Waals surface area (Å²) in [4.78, 5) is 13.6. The van der Waals surface area contributed by atoms with E-state index in [1.165, 1.54) is 0 Å². The van der Waals surface area contributed by atoms with Gasteiger partial charge in [0.1, 0.15) is 0 Å². The van der Waals surface area contributed by atoms with Gasteiger partial charge >= 0.3 is 5.97 Å². The third-order valence-corrected chi connectivity index (χ3v) is 3.11. The first-order chi connectivity index (χ1) is 9.70. The first-order valence-electron chi connectivity index (χ1n) is 6.25. The first kappa shape index (κ1) is 14.3. The van der Waals surface area contributed by atoms with Gasteiger partial charge in [0, 0.05) is 11.3 Å². The number of ether oxygens (including phenoxy) is 2. The standard InChI is InChI=1S/C13H15N3O4/c14-16-15-7-12-10(6-11(20-12)13(17)18)19-8-9-4-2-1-3-5-9/h1-5,10-12H,6-8H2,(H,17,18)/t10-,11+,12+/m0/s1. The molecule has 1 aliphatic heterocycles. The molecule has 1 aliphatic rings. The Morgan fingerprint density at radius 1 is 1.50 bits per heavy atom. The Kier molecular flexibility index (Phi) is 4.95. The number of hydrogen-bond acceptors (Lipinski definition) is 4. The van der Waals surface area contributed by atoms with Crippen molar-refractivity contribution >= 4 is 5.97 Å². The molecule has 106 valence electrons. The lowest BCUT2D eigenvalue weighted by Gasteiger charge is -2.17. The highest BCUT2D eigenvalue weighted by atomic mass is 16.6. The van der Waals surface area contributed by atoms with Gasteiger partial charge in [-0.05, 0) is 11.1 Å². The smallest absolute Gasteiger partial charge is 0.332 e. The number of nitrogens with zero attached hydrogens (tertiary/aromatic N) is 3. The van der Waals surface area contributed by atoms with Gasteiger partial charge in [-0.15, -0.1) is 0 Å². The van der Waals surface area contributed by atoms with Gasteiger partial charge in [0.2, 0.25) is 0 Å². The molecule has 2 rings (SSSR count). The first-order valence-corrected chi connectivity index (χ1v) is 6.25. The molecule has 1 fully saturated rings. The Balaban J connectivity index is 1.95. The van der Waals surface area contributed by atoms with Crippen LogP contribution in [0.3, 0.4) is 0 Å². The van der Waals surface area contributed by atoms with Gasteiger partial charge in [0.15, 0.2) is 6.10 Å². The summed E-state index contributed by atoms with van der Waals surface area (Å²) in [5, 5.41) is 12.4. The van der Waals surface area contributed by atoms with Crippen LogP contribution in [-0.4, -0.2) is 35.9 Å². The molecule has 0 spiro atoms. The number of rotatable bonds is 6. The summed E-state index contributed by atoms with van der Waals surface area (Å²) in [6, 6.07) is 9.57. The van der Waals surface area contributed by atoms with E-state index in [0.29, 0.717) is 6.61 Å². The minimum absolute atomic E-state index is 0.0692.